The number of likely N-dealkylation sites (N-methyl/N-ethyl adjacent to an activating group) is 1. The highest BCUT2D eigenvalue weighted by molar-refractivity contribution is 7.48. The molecule has 150 heavy (non-hydrogen) atoms. The number of hydrogen-bond acceptors (Lipinski definition) is 36. The van der Waals surface area contributed by atoms with Crippen LogP contribution in [0.25, 0.3) is 22.1 Å². The predicted octanol–water partition coefficient (Wildman–Crippen LogP) is 6.56. The summed E-state index contributed by atoms with van der Waals surface area (Å²) in [6.07, 6.45) is -2.83. The summed E-state index contributed by atoms with van der Waals surface area (Å²) in [5.74, 6) is 12.3. The number of amides is 4. The number of unbranched alkanes of at least 4 members (excludes halogenated alkanes) is 1. The lowest BCUT2D eigenvalue weighted by Crippen LogP contribution is -2.45. The van der Waals surface area contributed by atoms with Gasteiger partial charge in [-0.1, -0.05) is 181 Å². The summed E-state index contributed by atoms with van der Waals surface area (Å²) < 4.78 is 116. The van der Waals surface area contributed by atoms with Gasteiger partial charge >= 0.3 is 40.8 Å². The van der Waals surface area contributed by atoms with E-state index in [4.69, 9.17) is 87.4 Å². The topological polar surface area (TPSA) is 642 Å². The van der Waals surface area contributed by atoms with Crippen molar-refractivity contribution in [2.45, 2.75) is 254 Å². The number of hydroxylamine groups is 8. The number of nitrogens with two attached hydrogens (primary N) is 3. The highest BCUT2D eigenvalue weighted by Crippen LogP contribution is 2.55. The highest BCUT2D eigenvalue weighted by atomic mass is 31.2. The normalized spacial score (nSPS) is 29.1. The van der Waals surface area contributed by atoms with E-state index in [1.165, 1.54) is 21.5 Å². The molecule has 812 valence electrons. The Morgan fingerprint density at radius 1 is 0.487 bits per heavy atom. The molecule has 6 aromatic heterocycles. The minimum Gasteiger partial charge on any atom is -0.480 e. The van der Waals surface area contributed by atoms with Crippen LogP contribution in [0.5, 0.6) is 0 Å². The number of phosphoric ester groups is 3. The number of phosphoric acid groups is 3. The second-order valence-corrected chi connectivity index (χ2v) is 42.2. The molecule has 0 spiro atoms. The second-order valence-electron chi connectivity index (χ2n) is 38.0. The van der Waals surface area contributed by atoms with Crippen LogP contribution in [-0.4, -0.2) is 276 Å². The average molecular weight is 2150 g/mol. The Labute approximate surface area is 861 Å². The number of aromatic nitrogens is 10. The van der Waals surface area contributed by atoms with Crippen LogP contribution in [0.4, 0.5) is 17.6 Å². The first-order chi connectivity index (χ1) is 72.1. The monoisotopic (exact) mass is 2150 g/mol. The third kappa shape index (κ3) is 30.4. The van der Waals surface area contributed by atoms with Crippen LogP contribution in [0.15, 0.2) is 80.6 Å². The van der Waals surface area contributed by atoms with Gasteiger partial charge in [0.15, 0.2) is 5.65 Å². The molecule has 4 amide bonds. The maximum absolute atomic E-state index is 16.9. The number of ether oxygens (including phenoxy) is 5. The first-order valence-corrected chi connectivity index (χ1v) is 54.8. The zero-order chi connectivity index (χ0) is 106. The van der Waals surface area contributed by atoms with Crippen LogP contribution < -0.4 is 39.7 Å². The number of benzene rings is 1. The molecular formula is C97H127N18O32P3. The molecule has 50 nitrogen and oxygen atoms in total. The summed E-state index contributed by atoms with van der Waals surface area (Å²) in [5.41, 5.74) is 15.4. The predicted molar refractivity (Wildman–Crippen MR) is 531 cm³/mol. The van der Waals surface area contributed by atoms with Crippen molar-refractivity contribution in [1.82, 2.24) is 73.3 Å². The minimum atomic E-state index is -5.70. The molecule has 18 unspecified atom stereocenters. The van der Waals surface area contributed by atoms with Crippen LogP contribution in [0.1, 0.15) is 227 Å². The average Bonchev–Trinajstić information content (AvgIpc) is 1.61. The van der Waals surface area contributed by atoms with Gasteiger partial charge in [0, 0.05) is 94.3 Å². The van der Waals surface area contributed by atoms with Gasteiger partial charge < -0.3 is 79.8 Å². The molecule has 13 N–H and O–H groups in total. The Hall–Kier alpha value is -11.3. The van der Waals surface area contributed by atoms with Gasteiger partial charge in [0.1, 0.15) is 130 Å². The number of nitrogens with zero attached hydrogens (tertiary/aromatic N) is 13. The summed E-state index contributed by atoms with van der Waals surface area (Å²) in [6.45, 7) is -5.65. The smallest absolute Gasteiger partial charge is 0.472 e. The number of carboxylic acid groups (broad SMARTS) is 1. The minimum absolute atomic E-state index is 0.0166. The second kappa shape index (κ2) is 52.8. The summed E-state index contributed by atoms with van der Waals surface area (Å²) in [6, 6.07) is 8.49. The maximum atomic E-state index is 16.9. The fourth-order valence-electron chi connectivity index (χ4n) is 19.1. The summed E-state index contributed by atoms with van der Waals surface area (Å²) in [7, 11) is -13.3. The summed E-state index contributed by atoms with van der Waals surface area (Å²) >= 11 is 0. The number of fused-ring (bicyclic) bond motifs is 31. The maximum Gasteiger partial charge on any atom is 0.472 e. The van der Waals surface area contributed by atoms with Gasteiger partial charge in [0.25, 0.3) is 11.1 Å². The number of nitrogen functional groups attached to an aromatic ring is 3. The van der Waals surface area contributed by atoms with E-state index in [1.54, 1.807) is 49.3 Å². The zero-order valence-corrected chi connectivity index (χ0v) is 86.0. The number of anilines is 3. The van der Waals surface area contributed by atoms with Crippen molar-refractivity contribution in [3.63, 3.8) is 0 Å². The number of hydrogen-bond donors (Lipinski definition) is 10. The Kier molecular flexibility index (Phi) is 39.7. The molecule has 4 saturated heterocycles. The number of carboxylic acids is 1. The molecule has 15 rings (SSSR count). The Morgan fingerprint density at radius 2 is 0.967 bits per heavy atom. The Balaban J connectivity index is 0.922. The van der Waals surface area contributed by atoms with E-state index in [9.17, 15) is 53.4 Å². The third-order valence-corrected chi connectivity index (χ3v) is 29.8. The first kappa shape index (κ1) is 113. The van der Waals surface area contributed by atoms with E-state index >= 15 is 28.3 Å². The SMILES string of the molecule is CCCCN1OCC#Cc2cn(c(=O)[nH]c2=O)C2CC(O)C(COP(=O)(O)OC3CC4OC3COP(=O)(O)OC3CC5OC3COP(=O)(O)OC3CC6OC3COCCCCCCCCCCCCCCCCCC(CC(CC(CCC1=O)C(=O)N(Cc1ccccc1)OCC#Cc1cn4c(=O)nc1N)C(=O)N(CCN(C)C)OCC#Cc1cn5c3ncnc(N)c13)C(=O)N(CC(=O)O)OCC#Cc1cn6c3nc(N)[nH]c(=O)c13)O2. The quantitative estimate of drug-likeness (QED) is 0.0512. The van der Waals surface area contributed by atoms with Gasteiger partial charge in [-0.2, -0.15) is 9.97 Å². The number of carbonyl (C=O) groups excluding carboxylic acids is 4. The van der Waals surface area contributed by atoms with E-state index in [2.05, 4.69) is 77.3 Å². The van der Waals surface area contributed by atoms with Gasteiger partial charge in [0.2, 0.25) is 29.6 Å². The molecule has 0 radical (unpaired) electrons. The lowest BCUT2D eigenvalue weighted by Gasteiger charge is -2.33. The van der Waals surface area contributed by atoms with E-state index < -0.39 is 271 Å². The standard InChI is InChI=1S/C97H127N18O32P3/c1-4-5-37-112-78(117)36-35-64-46-69-45-63-30-22-17-15-13-11-9-7-6-8-10-12-14-16-18-23-40-133-57-75-71(48-81(142-75)109-53-66(85-89(109)104-95(100)105-91(85)121)32-25-43-137-115(92(63)122)56-83(118)119)145-149(129,130)139-59-76-72(49-80(143-76)108-52-65(84-87(99)101-61-102-88(84)108)31-24-42-135-113(94(69)124)39-38-107(2)3)146-150(131,132)140-60-77-73(147-148(127,128)138-58-74-70(116)47-79(141-74)111-55-68(34-27-41-134-112)90(120)106-97(111)126)50-82(144-77)110-54-67(86(98)103-96(110)125)33-26-44-136-114(93(64)123)51-62-28-20-19-21-29-62/h19-21,28-29,52-55,61,63-64,69-77,79-82,116H,4-18,22-23,30,35-51,56-60H2,1-3H3,(H,118,119)(H,127,128)(H,129,130)(H,131,132)(H2,98,103,125)(H2,99,101,102)(H,106,120,126)(H3,100,104,105,121). The molecule has 8 aliphatic rings. The molecule has 4 fully saturated rings. The number of carbonyl (C=O) groups is 5. The number of nitrogens with one attached hydrogen (secondary N) is 2. The van der Waals surface area contributed by atoms with E-state index in [0.717, 1.165) is 114 Å². The van der Waals surface area contributed by atoms with E-state index in [1.807, 2.05) is 6.92 Å². The molecule has 0 saturated carbocycles. The van der Waals surface area contributed by atoms with E-state index in [0.29, 0.717) is 49.2 Å². The van der Waals surface area contributed by atoms with Crippen LogP contribution in [0.3, 0.4) is 0 Å². The lowest BCUT2D eigenvalue weighted by molar-refractivity contribution is -0.196. The molecule has 1 aromatic carbocycles. The number of rotatable bonds is 10. The van der Waals surface area contributed by atoms with Crippen molar-refractivity contribution in [1.29, 1.82) is 0 Å². The zero-order valence-electron chi connectivity index (χ0n) is 83.4. The molecule has 18 atom stereocenters. The third-order valence-electron chi connectivity index (χ3n) is 26.8. The molecule has 22 bridgehead atoms. The van der Waals surface area contributed by atoms with Gasteiger partial charge in [-0.25, -0.2) is 53.5 Å². The van der Waals surface area contributed by atoms with Crippen molar-refractivity contribution in [3.05, 3.63) is 131 Å². The molecule has 7 aromatic rings. The summed E-state index contributed by atoms with van der Waals surface area (Å²) in [5, 5.41) is 26.0. The fourth-order valence-corrected chi connectivity index (χ4v) is 22.0. The van der Waals surface area contributed by atoms with Crippen molar-refractivity contribution in [3.8, 4) is 47.4 Å². The first-order valence-electron chi connectivity index (χ1n) is 50.3. The Bertz CT molecular complexity index is 6620. The van der Waals surface area contributed by atoms with Crippen LogP contribution in [-0.2, 0) is 114 Å². The van der Waals surface area contributed by atoms with Gasteiger partial charge in [-0.15, -0.1) is 0 Å². The number of aliphatic hydroxyl groups excluding tert-OH is 1. The lowest BCUT2D eigenvalue weighted by atomic mass is 9.81. The van der Waals surface area contributed by atoms with Gasteiger partial charge in [-0.3, -0.25) is 99.2 Å². The molecule has 14 heterocycles. The Morgan fingerprint density at radius 3 is 1.55 bits per heavy atom. The van der Waals surface area contributed by atoms with Crippen molar-refractivity contribution in [2.24, 2.45) is 17.8 Å². The van der Waals surface area contributed by atoms with E-state index in [-0.39, 0.29) is 108 Å². The van der Waals surface area contributed by atoms with Crippen LogP contribution in [0.2, 0.25) is 0 Å². The van der Waals surface area contributed by atoms with Gasteiger partial charge in [-0.05, 0) is 58.2 Å². The van der Waals surface area contributed by atoms with Crippen molar-refractivity contribution >= 4 is 92.7 Å². The van der Waals surface area contributed by atoms with Crippen LogP contribution >= 0.6 is 23.5 Å². The number of aliphatic hydroxyl groups is 1. The summed E-state index contributed by atoms with van der Waals surface area (Å²) in [4.78, 5) is 220. The van der Waals surface area contributed by atoms with Gasteiger partial charge in [0.05, 0.1) is 73.1 Å². The number of aliphatic carboxylic acids is 1. The molecule has 0 aliphatic carbocycles. The number of H-pyrrole nitrogens is 2. The van der Waals surface area contributed by atoms with Crippen molar-refractivity contribution in [2.75, 3.05) is 117 Å². The fraction of sp³-hybridized carbons (Fsp3) is 0.598. The molecular weight excluding hydrogens is 2020 g/mol. The largest absolute Gasteiger partial charge is 0.480 e. The highest BCUT2D eigenvalue weighted by Gasteiger charge is 2.50. The van der Waals surface area contributed by atoms with Crippen molar-refractivity contribution < 1.29 is 133 Å². The number of aromatic amines is 2. The molecule has 8 aliphatic heterocycles. The molecule has 53 heteroatoms. The van der Waals surface area contributed by atoms with Crippen LogP contribution in [0, 0.1) is 65.1 Å².